The number of carbonyl (C=O) groups excluding carboxylic acids is 1. The van der Waals surface area contributed by atoms with Crippen molar-refractivity contribution in [2.75, 3.05) is 20.3 Å². The lowest BCUT2D eigenvalue weighted by Gasteiger charge is -2.27. The van der Waals surface area contributed by atoms with Crippen LogP contribution in [-0.4, -0.2) is 46.0 Å². The number of rotatable bonds is 9. The summed E-state index contributed by atoms with van der Waals surface area (Å²) in [5.74, 6) is 1.47. The molecule has 2 N–H and O–H groups in total. The third kappa shape index (κ3) is 4.93. The van der Waals surface area contributed by atoms with Crippen molar-refractivity contribution in [3.8, 4) is 0 Å². The van der Waals surface area contributed by atoms with E-state index in [1.807, 2.05) is 49.4 Å². The zero-order chi connectivity index (χ0) is 22.5. The molecular formula is C24H30N4O4. The minimum Gasteiger partial charge on any atom is -0.462 e. The number of aliphatic hydroxyl groups is 1. The summed E-state index contributed by atoms with van der Waals surface area (Å²) in [5, 5.41) is 17.1. The Kier molecular flexibility index (Phi) is 7.04. The average Bonchev–Trinajstić information content (AvgIpc) is 3.39. The van der Waals surface area contributed by atoms with Crippen LogP contribution in [0.5, 0.6) is 0 Å². The molecule has 3 heterocycles. The number of ether oxygens (including phenoxy) is 1. The molecule has 4 rings (SSSR count). The summed E-state index contributed by atoms with van der Waals surface area (Å²) in [7, 11) is 1.64. The van der Waals surface area contributed by atoms with Crippen LogP contribution in [0, 0.1) is 0 Å². The smallest absolute Gasteiger partial charge is 0.272 e. The monoisotopic (exact) mass is 438 g/mol. The van der Waals surface area contributed by atoms with Gasteiger partial charge in [0.15, 0.2) is 5.69 Å². The molecule has 1 aliphatic rings. The molecule has 3 aromatic rings. The van der Waals surface area contributed by atoms with Crippen molar-refractivity contribution in [3.05, 3.63) is 76.5 Å². The van der Waals surface area contributed by atoms with Gasteiger partial charge >= 0.3 is 0 Å². The first-order valence-corrected chi connectivity index (χ1v) is 10.9. The Balaban J connectivity index is 1.52. The third-order valence-electron chi connectivity index (χ3n) is 5.77. The van der Waals surface area contributed by atoms with E-state index in [0.717, 1.165) is 41.3 Å². The molecule has 0 saturated heterocycles. The van der Waals surface area contributed by atoms with Crippen LogP contribution in [0.15, 0.2) is 46.9 Å². The van der Waals surface area contributed by atoms with Gasteiger partial charge in [0.2, 0.25) is 0 Å². The van der Waals surface area contributed by atoms with Crippen molar-refractivity contribution in [2.45, 2.75) is 45.6 Å². The van der Waals surface area contributed by atoms with Gasteiger partial charge in [-0.05, 0) is 24.6 Å². The van der Waals surface area contributed by atoms with Crippen molar-refractivity contribution in [1.29, 1.82) is 0 Å². The summed E-state index contributed by atoms with van der Waals surface area (Å²) in [5.41, 5.74) is 3.41. The SMILES string of the molecule is COCc1ccc(CN2CCc3c(c(C(=O)NC(C)c4ccccc4)nn3CCO)C2)o1. The Morgan fingerprint density at radius 1 is 1.25 bits per heavy atom. The van der Waals surface area contributed by atoms with Crippen LogP contribution >= 0.6 is 0 Å². The van der Waals surface area contributed by atoms with E-state index in [4.69, 9.17) is 9.15 Å². The van der Waals surface area contributed by atoms with Gasteiger partial charge in [-0.25, -0.2) is 0 Å². The largest absolute Gasteiger partial charge is 0.462 e. The molecule has 1 unspecified atom stereocenters. The maximum atomic E-state index is 13.2. The van der Waals surface area contributed by atoms with E-state index in [-0.39, 0.29) is 18.6 Å². The number of aromatic nitrogens is 2. The summed E-state index contributed by atoms with van der Waals surface area (Å²) in [6.45, 7) is 4.84. The fraction of sp³-hybridized carbons (Fsp3) is 0.417. The number of carbonyl (C=O) groups is 1. The van der Waals surface area contributed by atoms with Gasteiger partial charge in [0.1, 0.15) is 18.1 Å². The first kappa shape index (κ1) is 22.3. The van der Waals surface area contributed by atoms with E-state index < -0.39 is 0 Å². The van der Waals surface area contributed by atoms with E-state index in [0.29, 0.717) is 31.9 Å². The number of hydrogen-bond acceptors (Lipinski definition) is 6. The van der Waals surface area contributed by atoms with Crippen LogP contribution in [0.1, 0.15) is 51.8 Å². The molecule has 1 amide bonds. The Hall–Kier alpha value is -2.94. The molecule has 0 fully saturated rings. The molecular weight excluding hydrogens is 408 g/mol. The van der Waals surface area contributed by atoms with E-state index in [9.17, 15) is 9.90 Å². The topological polar surface area (TPSA) is 92.8 Å². The Morgan fingerprint density at radius 3 is 2.78 bits per heavy atom. The molecule has 0 aliphatic carbocycles. The van der Waals surface area contributed by atoms with E-state index in [1.54, 1.807) is 11.8 Å². The number of fused-ring (bicyclic) bond motifs is 1. The number of nitrogens with one attached hydrogen (secondary N) is 1. The second-order valence-corrected chi connectivity index (χ2v) is 8.09. The normalized spacial score (nSPS) is 14.8. The molecule has 1 aliphatic heterocycles. The zero-order valence-corrected chi connectivity index (χ0v) is 18.6. The van der Waals surface area contributed by atoms with Crippen LogP contribution in [0.25, 0.3) is 0 Å². The Bertz CT molecular complexity index is 1040. The Morgan fingerprint density at radius 2 is 2.03 bits per heavy atom. The van der Waals surface area contributed by atoms with Crippen LogP contribution in [0.3, 0.4) is 0 Å². The lowest BCUT2D eigenvalue weighted by Crippen LogP contribution is -2.33. The summed E-state index contributed by atoms with van der Waals surface area (Å²) < 4.78 is 12.7. The van der Waals surface area contributed by atoms with Crippen molar-refractivity contribution in [3.63, 3.8) is 0 Å². The summed E-state index contributed by atoms with van der Waals surface area (Å²) in [6, 6.07) is 13.6. The highest BCUT2D eigenvalue weighted by Crippen LogP contribution is 2.25. The highest BCUT2D eigenvalue weighted by Gasteiger charge is 2.29. The number of benzene rings is 1. The molecule has 170 valence electrons. The molecule has 0 bridgehead atoms. The first-order chi connectivity index (χ1) is 15.6. The average molecular weight is 439 g/mol. The van der Waals surface area contributed by atoms with Gasteiger partial charge in [-0.15, -0.1) is 0 Å². The summed E-state index contributed by atoms with van der Waals surface area (Å²) in [6.07, 6.45) is 0.759. The van der Waals surface area contributed by atoms with Gasteiger partial charge in [-0.3, -0.25) is 14.4 Å². The van der Waals surface area contributed by atoms with E-state index in [1.165, 1.54) is 0 Å². The van der Waals surface area contributed by atoms with Crippen molar-refractivity contribution in [2.24, 2.45) is 0 Å². The molecule has 0 spiro atoms. The maximum absolute atomic E-state index is 13.2. The van der Waals surface area contributed by atoms with Crippen LogP contribution in [0.4, 0.5) is 0 Å². The number of amides is 1. The molecule has 1 atom stereocenters. The number of aliphatic hydroxyl groups excluding tert-OH is 1. The molecule has 32 heavy (non-hydrogen) atoms. The van der Waals surface area contributed by atoms with Crippen LogP contribution in [-0.2, 0) is 37.4 Å². The molecule has 0 radical (unpaired) electrons. The summed E-state index contributed by atoms with van der Waals surface area (Å²) >= 11 is 0. The van der Waals surface area contributed by atoms with Crippen LogP contribution < -0.4 is 5.32 Å². The van der Waals surface area contributed by atoms with Crippen molar-refractivity contribution >= 4 is 5.91 Å². The van der Waals surface area contributed by atoms with Gasteiger partial charge in [-0.1, -0.05) is 30.3 Å². The maximum Gasteiger partial charge on any atom is 0.272 e. The molecule has 1 aromatic carbocycles. The molecule has 8 nitrogen and oxygen atoms in total. The standard InChI is InChI=1S/C24H30N4O4/c1-17(18-6-4-3-5-7-18)25-24(30)23-21-15-27(11-10-22(21)28(26-23)12-13-29)14-19-8-9-20(32-19)16-31-2/h3-9,17,29H,10-16H2,1-2H3,(H,25,30). The van der Waals surface area contributed by atoms with Gasteiger partial charge in [0.25, 0.3) is 5.91 Å². The third-order valence-corrected chi connectivity index (χ3v) is 5.77. The fourth-order valence-corrected chi connectivity index (χ4v) is 4.18. The molecule has 0 saturated carbocycles. The minimum absolute atomic E-state index is 0.0199. The quantitative estimate of drug-likeness (QED) is 0.534. The number of hydrogen-bond donors (Lipinski definition) is 2. The van der Waals surface area contributed by atoms with E-state index in [2.05, 4.69) is 15.3 Å². The first-order valence-electron chi connectivity index (χ1n) is 10.9. The van der Waals surface area contributed by atoms with Gasteiger partial charge in [-0.2, -0.15) is 5.10 Å². The highest BCUT2D eigenvalue weighted by molar-refractivity contribution is 5.94. The van der Waals surface area contributed by atoms with Crippen LogP contribution in [0.2, 0.25) is 0 Å². The fourth-order valence-electron chi connectivity index (χ4n) is 4.18. The van der Waals surface area contributed by atoms with Gasteiger partial charge in [0, 0.05) is 37.9 Å². The number of nitrogens with zero attached hydrogens (tertiary/aromatic N) is 3. The number of furan rings is 1. The predicted octanol–water partition coefficient (Wildman–Crippen LogP) is 2.66. The second-order valence-electron chi connectivity index (χ2n) is 8.09. The van der Waals surface area contributed by atoms with Crippen molar-refractivity contribution < 1.29 is 19.1 Å². The molecule has 2 aromatic heterocycles. The van der Waals surface area contributed by atoms with Gasteiger partial charge < -0.3 is 19.6 Å². The van der Waals surface area contributed by atoms with E-state index >= 15 is 0 Å². The highest BCUT2D eigenvalue weighted by atomic mass is 16.5. The van der Waals surface area contributed by atoms with Crippen molar-refractivity contribution in [1.82, 2.24) is 20.0 Å². The number of methoxy groups -OCH3 is 1. The molecule has 8 heteroatoms. The lowest BCUT2D eigenvalue weighted by molar-refractivity contribution is 0.0931. The summed E-state index contributed by atoms with van der Waals surface area (Å²) in [4.78, 5) is 15.4. The minimum atomic E-state index is -0.198. The Labute approximate surface area is 187 Å². The van der Waals surface area contributed by atoms with Gasteiger partial charge in [0.05, 0.1) is 25.7 Å². The predicted molar refractivity (Wildman–Crippen MR) is 119 cm³/mol. The zero-order valence-electron chi connectivity index (χ0n) is 18.6. The second kappa shape index (κ2) is 10.1. The lowest BCUT2D eigenvalue weighted by atomic mass is 10.0.